The van der Waals surface area contributed by atoms with Gasteiger partial charge < -0.3 is 16.0 Å². The molecule has 0 atom stereocenters. The van der Waals surface area contributed by atoms with Crippen molar-refractivity contribution in [3.63, 3.8) is 0 Å². The van der Waals surface area contributed by atoms with Gasteiger partial charge >= 0.3 is 6.18 Å². The lowest BCUT2D eigenvalue weighted by Crippen LogP contribution is -2.19. The van der Waals surface area contributed by atoms with Crippen molar-refractivity contribution in [1.29, 1.82) is 0 Å². The molecule has 0 fully saturated rings. The number of nitrogens with zero attached hydrogens (tertiary/aromatic N) is 3. The summed E-state index contributed by atoms with van der Waals surface area (Å²) >= 11 is 6.07. The number of aryl methyl sites for hydroxylation is 1. The van der Waals surface area contributed by atoms with Crippen molar-refractivity contribution in [2.45, 2.75) is 13.1 Å². The van der Waals surface area contributed by atoms with E-state index in [0.29, 0.717) is 22.5 Å². The molecule has 0 spiro atoms. The summed E-state index contributed by atoms with van der Waals surface area (Å²) in [5.74, 6) is 0.286. The molecule has 2 aromatic heterocycles. The minimum atomic E-state index is -4.65. The molecule has 0 aliphatic rings. The van der Waals surface area contributed by atoms with E-state index in [1.165, 1.54) is 4.57 Å². The van der Waals surface area contributed by atoms with Crippen molar-refractivity contribution >= 4 is 23.5 Å². The average Bonchev–Trinajstić information content (AvgIpc) is 2.69. The summed E-state index contributed by atoms with van der Waals surface area (Å²) in [6, 6.07) is 3.34. The number of nitrogens with two attached hydrogens (primary N) is 2. The van der Waals surface area contributed by atoms with E-state index >= 15 is 0 Å². The molecule has 0 bridgehead atoms. The normalized spacial score (nSPS) is 12.7. The van der Waals surface area contributed by atoms with Gasteiger partial charge in [-0.1, -0.05) is 11.6 Å². The second-order valence-electron chi connectivity index (χ2n) is 4.65. The topological polar surface area (TPSA) is 82.7 Å². The molecule has 2 heterocycles. The van der Waals surface area contributed by atoms with Crippen LogP contribution < -0.4 is 11.5 Å². The Morgan fingerprint density at radius 2 is 1.95 bits per heavy atom. The van der Waals surface area contributed by atoms with Gasteiger partial charge in [-0.15, -0.1) is 0 Å². The molecule has 0 aliphatic heterocycles. The lowest BCUT2D eigenvalue weighted by Gasteiger charge is -2.05. The molecule has 0 saturated carbocycles. The van der Waals surface area contributed by atoms with E-state index in [1.807, 2.05) is 0 Å². The number of nitrogen functional groups attached to an aromatic ring is 1. The summed E-state index contributed by atoms with van der Waals surface area (Å²) in [7, 11) is 1.55. The molecule has 2 rings (SSSR count). The first-order valence-electron chi connectivity index (χ1n) is 6.11. The number of halogens is 4. The zero-order chi connectivity index (χ0) is 16.7. The van der Waals surface area contributed by atoms with Gasteiger partial charge in [0.15, 0.2) is 5.82 Å². The highest BCUT2D eigenvalue weighted by molar-refractivity contribution is 6.32. The first-order valence-corrected chi connectivity index (χ1v) is 6.49. The maximum absolute atomic E-state index is 12.5. The zero-order valence-electron chi connectivity index (χ0n) is 11.7. The monoisotopic (exact) mass is 331 g/mol. The minimum Gasteiger partial charge on any atom is -0.395 e. The fourth-order valence-electron chi connectivity index (χ4n) is 1.78. The van der Waals surface area contributed by atoms with Crippen LogP contribution in [0.4, 0.5) is 19.0 Å². The number of rotatable bonds is 2. The number of alkyl halides is 3. The Morgan fingerprint density at radius 1 is 1.32 bits per heavy atom. The van der Waals surface area contributed by atoms with Crippen LogP contribution in [0.25, 0.3) is 17.6 Å². The standard InChI is InChI=1S/C13H13ClF3N5/c1-6-3-4-7(14)10(20-6)12-21-8(11(19)22(12)2)5-9(18)13(15,16)17/h3-5H,18-19H2,1-2H3/b9-5-. The van der Waals surface area contributed by atoms with Crippen LogP contribution in [0.3, 0.4) is 0 Å². The van der Waals surface area contributed by atoms with Crippen molar-refractivity contribution in [3.05, 3.63) is 34.2 Å². The Bertz CT molecular complexity index is 749. The summed E-state index contributed by atoms with van der Waals surface area (Å²) in [4.78, 5) is 8.31. The van der Waals surface area contributed by atoms with Gasteiger partial charge in [-0.2, -0.15) is 13.2 Å². The third kappa shape index (κ3) is 3.01. The molecular weight excluding hydrogens is 319 g/mol. The van der Waals surface area contributed by atoms with Crippen LogP contribution in [0.5, 0.6) is 0 Å². The van der Waals surface area contributed by atoms with E-state index < -0.39 is 11.9 Å². The molecule has 118 valence electrons. The molecule has 9 heteroatoms. The molecule has 5 nitrogen and oxygen atoms in total. The molecule has 0 radical (unpaired) electrons. The lowest BCUT2D eigenvalue weighted by molar-refractivity contribution is -0.0916. The Morgan fingerprint density at radius 3 is 2.55 bits per heavy atom. The molecule has 0 amide bonds. The Labute approximate surface area is 129 Å². The third-order valence-corrected chi connectivity index (χ3v) is 3.29. The van der Waals surface area contributed by atoms with Crippen LogP contribution in [-0.4, -0.2) is 20.7 Å². The van der Waals surface area contributed by atoms with Crippen molar-refractivity contribution in [2.24, 2.45) is 12.8 Å². The molecule has 22 heavy (non-hydrogen) atoms. The SMILES string of the molecule is Cc1ccc(Cl)c(-c2nc(/C=C(\N)C(F)(F)F)c(N)n2C)n1. The van der Waals surface area contributed by atoms with Crippen LogP contribution in [0.2, 0.25) is 5.02 Å². The second kappa shape index (κ2) is 5.53. The van der Waals surface area contributed by atoms with Gasteiger partial charge in [-0.05, 0) is 25.1 Å². The summed E-state index contributed by atoms with van der Waals surface area (Å²) in [6.07, 6.45) is -3.97. The molecule has 0 aromatic carbocycles. The average molecular weight is 332 g/mol. The Kier molecular flexibility index (Phi) is 4.06. The van der Waals surface area contributed by atoms with E-state index in [2.05, 4.69) is 9.97 Å². The quantitative estimate of drug-likeness (QED) is 0.886. The van der Waals surface area contributed by atoms with E-state index in [4.69, 9.17) is 23.1 Å². The highest BCUT2D eigenvalue weighted by Crippen LogP contribution is 2.30. The summed E-state index contributed by atoms with van der Waals surface area (Å²) in [5.41, 5.74) is 10.4. The number of allylic oxidation sites excluding steroid dienone is 1. The molecule has 0 unspecified atom stereocenters. The van der Waals surface area contributed by atoms with E-state index in [0.717, 1.165) is 0 Å². The van der Waals surface area contributed by atoms with E-state index in [-0.39, 0.29) is 17.3 Å². The summed E-state index contributed by atoms with van der Waals surface area (Å²) in [6.45, 7) is 1.76. The summed E-state index contributed by atoms with van der Waals surface area (Å²) < 4.78 is 38.9. The van der Waals surface area contributed by atoms with Crippen LogP contribution >= 0.6 is 11.6 Å². The largest absolute Gasteiger partial charge is 0.430 e. The molecule has 2 aromatic rings. The van der Waals surface area contributed by atoms with E-state index in [1.54, 1.807) is 26.1 Å². The van der Waals surface area contributed by atoms with E-state index in [9.17, 15) is 13.2 Å². The number of pyridine rings is 1. The fraction of sp³-hybridized carbons (Fsp3) is 0.231. The highest BCUT2D eigenvalue weighted by atomic mass is 35.5. The van der Waals surface area contributed by atoms with Crippen molar-refractivity contribution in [3.8, 4) is 11.5 Å². The number of hydrogen-bond acceptors (Lipinski definition) is 4. The lowest BCUT2D eigenvalue weighted by atomic mass is 10.3. The van der Waals surface area contributed by atoms with Crippen LogP contribution in [-0.2, 0) is 7.05 Å². The van der Waals surface area contributed by atoms with Gasteiger partial charge in [-0.3, -0.25) is 0 Å². The van der Waals surface area contributed by atoms with Gasteiger partial charge in [-0.25, -0.2) is 9.97 Å². The minimum absolute atomic E-state index is 0.0292. The highest BCUT2D eigenvalue weighted by Gasteiger charge is 2.32. The van der Waals surface area contributed by atoms with Crippen molar-refractivity contribution in [2.75, 3.05) is 5.73 Å². The molecule has 0 aliphatic carbocycles. The molecular formula is C13H13ClF3N5. The Balaban J connectivity index is 2.58. The van der Waals surface area contributed by atoms with Gasteiger partial charge in [0.1, 0.15) is 22.9 Å². The number of anilines is 1. The number of imidazole rings is 1. The Hall–Kier alpha value is -2.22. The third-order valence-electron chi connectivity index (χ3n) is 2.98. The number of hydrogen-bond donors (Lipinski definition) is 2. The van der Waals surface area contributed by atoms with Crippen LogP contribution in [0, 0.1) is 6.92 Å². The second-order valence-corrected chi connectivity index (χ2v) is 5.05. The van der Waals surface area contributed by atoms with Crippen molar-refractivity contribution in [1.82, 2.24) is 14.5 Å². The van der Waals surface area contributed by atoms with Gasteiger partial charge in [0.25, 0.3) is 0 Å². The predicted octanol–water partition coefficient (Wildman–Crippen LogP) is 2.89. The van der Waals surface area contributed by atoms with Gasteiger partial charge in [0.2, 0.25) is 0 Å². The summed E-state index contributed by atoms with van der Waals surface area (Å²) in [5, 5.41) is 0.318. The van der Waals surface area contributed by atoms with Crippen molar-refractivity contribution < 1.29 is 13.2 Å². The van der Waals surface area contributed by atoms with Gasteiger partial charge in [0.05, 0.1) is 5.02 Å². The fourth-order valence-corrected chi connectivity index (χ4v) is 1.97. The smallest absolute Gasteiger partial charge is 0.395 e. The predicted molar refractivity (Wildman–Crippen MR) is 78.8 cm³/mol. The van der Waals surface area contributed by atoms with Gasteiger partial charge in [0, 0.05) is 12.7 Å². The number of aromatic nitrogens is 3. The molecule has 4 N–H and O–H groups in total. The first kappa shape index (κ1) is 16.2. The van der Waals surface area contributed by atoms with Crippen LogP contribution in [0.15, 0.2) is 17.8 Å². The molecule has 0 saturated heterocycles. The zero-order valence-corrected chi connectivity index (χ0v) is 12.5. The first-order chi connectivity index (χ1) is 10.1. The van der Waals surface area contributed by atoms with Crippen LogP contribution in [0.1, 0.15) is 11.4 Å². The maximum atomic E-state index is 12.5. The maximum Gasteiger partial charge on any atom is 0.430 e.